The van der Waals surface area contributed by atoms with Crippen LogP contribution in [-0.2, 0) is 32.2 Å². The Hall–Kier alpha value is -4.38. The van der Waals surface area contributed by atoms with Gasteiger partial charge in [-0.05, 0) is 65.9 Å². The molecule has 0 aliphatic carbocycles. The highest BCUT2D eigenvalue weighted by atomic mass is 16.7. The fraction of sp³-hybridized carbons (Fsp3) is 0.366. The summed E-state index contributed by atoms with van der Waals surface area (Å²) in [5.74, 6) is -1.10. The molecule has 1 saturated heterocycles. The van der Waals surface area contributed by atoms with Crippen molar-refractivity contribution in [2.24, 2.45) is 5.92 Å². The van der Waals surface area contributed by atoms with E-state index >= 15 is 0 Å². The molecule has 1 aliphatic heterocycles. The number of amides is 1. The molecule has 1 amide bonds. The Kier molecular flexibility index (Phi) is 12.9. The van der Waals surface area contributed by atoms with Crippen molar-refractivity contribution < 1.29 is 34.4 Å². The number of carbonyl (C=O) groups is 2. The maximum atomic E-state index is 12.2. The highest BCUT2D eigenvalue weighted by Gasteiger charge is 2.39. The zero-order valence-electron chi connectivity index (χ0n) is 28.9. The molecular formula is C41H48N2O7. The number of hydrogen-bond acceptors (Lipinski definition) is 7. The van der Waals surface area contributed by atoms with Gasteiger partial charge < -0.3 is 30.1 Å². The Labute approximate surface area is 294 Å². The molecule has 0 unspecified atom stereocenters. The van der Waals surface area contributed by atoms with Crippen LogP contribution in [0, 0.1) is 5.92 Å². The molecule has 4 aromatic carbocycles. The van der Waals surface area contributed by atoms with Crippen LogP contribution in [0.1, 0.15) is 79.4 Å². The van der Waals surface area contributed by atoms with Gasteiger partial charge in [-0.25, -0.2) is 0 Å². The lowest BCUT2D eigenvalue weighted by molar-refractivity contribution is -0.276. The first-order valence-electron chi connectivity index (χ1n) is 17.2. The van der Waals surface area contributed by atoms with Crippen LogP contribution in [-0.4, -0.2) is 57.8 Å². The summed E-state index contributed by atoms with van der Waals surface area (Å²) >= 11 is 0. The Morgan fingerprint density at radius 1 is 0.840 bits per heavy atom. The predicted molar refractivity (Wildman–Crippen MR) is 192 cm³/mol. The van der Waals surface area contributed by atoms with Crippen LogP contribution in [0.15, 0.2) is 103 Å². The van der Waals surface area contributed by atoms with Gasteiger partial charge >= 0.3 is 5.97 Å². The molecule has 0 spiro atoms. The number of carboxylic acids is 1. The first-order chi connectivity index (χ1) is 24.1. The van der Waals surface area contributed by atoms with E-state index in [1.54, 1.807) is 0 Å². The molecule has 264 valence electrons. The summed E-state index contributed by atoms with van der Waals surface area (Å²) < 4.78 is 13.5. The number of benzene rings is 4. The number of aliphatic carboxylic acids is 1. The zero-order chi connectivity index (χ0) is 35.6. The normalized spacial score (nSPS) is 20.3. The van der Waals surface area contributed by atoms with E-state index in [0.29, 0.717) is 19.5 Å². The van der Waals surface area contributed by atoms with Crippen LogP contribution >= 0.6 is 0 Å². The lowest BCUT2D eigenvalue weighted by atomic mass is 9.89. The third-order valence-electron chi connectivity index (χ3n) is 9.59. The van der Waals surface area contributed by atoms with E-state index in [4.69, 9.17) is 14.6 Å². The maximum absolute atomic E-state index is 12.2. The second kappa shape index (κ2) is 17.5. The maximum Gasteiger partial charge on any atom is 0.303 e. The van der Waals surface area contributed by atoms with Crippen LogP contribution in [0.5, 0.6) is 0 Å². The van der Waals surface area contributed by atoms with Gasteiger partial charge in [0.15, 0.2) is 6.29 Å². The first kappa shape index (κ1) is 36.9. The standard InChI is InChI=1S/C41H48N2O7/c1-27-36(25-43(3)28(2)39(48)31-11-5-4-6-12-31)49-41(50-40(27)32-20-18-29(26-44)19-21-32)35-15-8-14-34(23-35)33-13-7-10-30(22-33)24-42-37(45)16-9-17-38(46)47/h4-8,10-15,18-23,27-28,36,39-41,44,48H,9,16-17,24-26H2,1-3H3,(H,42,45)(H,46,47)/t27-,28-,36+,39-,40+,41+/m1/s1. The van der Waals surface area contributed by atoms with Crippen molar-refractivity contribution in [3.05, 3.63) is 131 Å². The molecule has 0 bridgehead atoms. The number of hydrogen-bond donors (Lipinski definition) is 4. The van der Waals surface area contributed by atoms with Gasteiger partial charge in [-0.1, -0.05) is 97.9 Å². The quantitative estimate of drug-likeness (QED) is 0.111. The van der Waals surface area contributed by atoms with E-state index in [0.717, 1.165) is 38.9 Å². The second-order valence-electron chi connectivity index (χ2n) is 13.2. The molecule has 4 N–H and O–H groups in total. The molecule has 0 radical (unpaired) electrons. The van der Waals surface area contributed by atoms with E-state index in [1.165, 1.54) is 0 Å². The van der Waals surface area contributed by atoms with Gasteiger partial charge in [-0.15, -0.1) is 0 Å². The van der Waals surface area contributed by atoms with Gasteiger partial charge in [-0.3, -0.25) is 14.5 Å². The average molecular weight is 681 g/mol. The van der Waals surface area contributed by atoms with Crippen molar-refractivity contribution in [2.75, 3.05) is 13.6 Å². The molecule has 0 aromatic heterocycles. The Morgan fingerprint density at radius 3 is 2.24 bits per heavy atom. The summed E-state index contributed by atoms with van der Waals surface area (Å²) in [4.78, 5) is 25.1. The van der Waals surface area contributed by atoms with Crippen LogP contribution < -0.4 is 5.32 Å². The van der Waals surface area contributed by atoms with Gasteiger partial charge in [0.05, 0.1) is 24.9 Å². The predicted octanol–water partition coefficient (Wildman–Crippen LogP) is 6.56. The number of nitrogens with one attached hydrogen (secondary N) is 1. The van der Waals surface area contributed by atoms with Gasteiger partial charge in [0.25, 0.3) is 0 Å². The monoisotopic (exact) mass is 680 g/mol. The molecule has 9 heteroatoms. The molecule has 5 rings (SSSR count). The number of ether oxygens (including phenoxy) is 2. The van der Waals surface area contributed by atoms with Crippen molar-refractivity contribution in [3.63, 3.8) is 0 Å². The van der Waals surface area contributed by atoms with Crippen molar-refractivity contribution in [2.45, 2.75) is 76.9 Å². The van der Waals surface area contributed by atoms with E-state index in [9.17, 15) is 19.8 Å². The fourth-order valence-corrected chi connectivity index (χ4v) is 6.36. The fourth-order valence-electron chi connectivity index (χ4n) is 6.36. The summed E-state index contributed by atoms with van der Waals surface area (Å²) in [5, 5.41) is 32.5. The topological polar surface area (TPSA) is 129 Å². The molecular weight excluding hydrogens is 632 g/mol. The number of nitrogens with zero attached hydrogens (tertiary/aromatic N) is 1. The zero-order valence-corrected chi connectivity index (χ0v) is 28.9. The molecule has 0 saturated carbocycles. The summed E-state index contributed by atoms with van der Waals surface area (Å²) in [5.41, 5.74) is 6.45. The van der Waals surface area contributed by atoms with Crippen LogP contribution in [0.25, 0.3) is 11.1 Å². The number of aliphatic hydroxyl groups is 2. The lowest BCUT2D eigenvalue weighted by Crippen LogP contribution is -2.46. The van der Waals surface area contributed by atoms with Gasteiger partial charge in [0, 0.05) is 43.5 Å². The van der Waals surface area contributed by atoms with E-state index < -0.39 is 18.4 Å². The smallest absolute Gasteiger partial charge is 0.303 e. The number of likely N-dealkylation sites (N-methyl/N-ethyl adjacent to an activating group) is 1. The van der Waals surface area contributed by atoms with Crippen molar-refractivity contribution >= 4 is 11.9 Å². The number of carbonyl (C=O) groups excluding carboxylic acids is 1. The third-order valence-corrected chi connectivity index (χ3v) is 9.59. The van der Waals surface area contributed by atoms with Gasteiger partial charge in [-0.2, -0.15) is 0 Å². The number of rotatable bonds is 15. The summed E-state index contributed by atoms with van der Waals surface area (Å²) in [6.45, 7) is 5.03. The van der Waals surface area contributed by atoms with Crippen LogP contribution in [0.4, 0.5) is 0 Å². The third kappa shape index (κ3) is 9.65. The molecule has 1 fully saturated rings. The van der Waals surface area contributed by atoms with E-state index in [2.05, 4.69) is 23.2 Å². The van der Waals surface area contributed by atoms with Crippen LogP contribution in [0.2, 0.25) is 0 Å². The highest BCUT2D eigenvalue weighted by Crippen LogP contribution is 2.42. The SMILES string of the molecule is C[C@@H]1[C@H](CN(C)[C@H](C)[C@@H](O)c2ccccc2)O[C@H](c2cccc(-c3cccc(CNC(=O)CCCC(=O)O)c3)c2)O[C@@H]1c1ccc(CO)cc1. The number of aliphatic hydroxyl groups excluding tert-OH is 2. The summed E-state index contributed by atoms with van der Waals surface area (Å²) in [7, 11) is 2.01. The van der Waals surface area contributed by atoms with Crippen LogP contribution in [0.3, 0.4) is 0 Å². The van der Waals surface area contributed by atoms with Gasteiger partial charge in [0.1, 0.15) is 0 Å². The molecule has 1 aliphatic rings. The minimum Gasteiger partial charge on any atom is -0.481 e. The molecule has 4 aromatic rings. The van der Waals surface area contributed by atoms with Crippen molar-refractivity contribution in [1.29, 1.82) is 0 Å². The average Bonchev–Trinajstić information content (AvgIpc) is 3.14. The molecule has 50 heavy (non-hydrogen) atoms. The summed E-state index contributed by atoms with van der Waals surface area (Å²) in [6, 6.07) is 33.4. The van der Waals surface area contributed by atoms with Gasteiger partial charge in [0.2, 0.25) is 5.91 Å². The Morgan fingerprint density at radius 2 is 1.54 bits per heavy atom. The van der Waals surface area contributed by atoms with Crippen molar-refractivity contribution in [1.82, 2.24) is 10.2 Å². The Bertz CT molecular complexity index is 1700. The minimum absolute atomic E-state index is 0.0195. The van der Waals surface area contributed by atoms with E-state index in [1.807, 2.05) is 111 Å². The molecule has 9 nitrogen and oxygen atoms in total. The molecule has 1 heterocycles. The minimum atomic E-state index is -0.908. The Balaban J connectivity index is 1.35. The molecule has 6 atom stereocenters. The summed E-state index contributed by atoms with van der Waals surface area (Å²) in [6.07, 6.45) is -1.38. The van der Waals surface area contributed by atoms with E-state index in [-0.39, 0.29) is 49.5 Å². The van der Waals surface area contributed by atoms with Crippen molar-refractivity contribution in [3.8, 4) is 11.1 Å². The number of carboxylic acid groups (broad SMARTS) is 1. The lowest BCUT2D eigenvalue weighted by Gasteiger charge is -2.43. The second-order valence-corrected chi connectivity index (χ2v) is 13.2. The first-order valence-corrected chi connectivity index (χ1v) is 17.2. The largest absolute Gasteiger partial charge is 0.481 e. The highest BCUT2D eigenvalue weighted by molar-refractivity contribution is 5.76.